The third-order valence-electron chi connectivity index (χ3n) is 4.03. The van der Waals surface area contributed by atoms with Gasteiger partial charge in [-0.2, -0.15) is 0 Å². The smallest absolute Gasteiger partial charge is 0.307 e. The minimum atomic E-state index is -1.000. The van der Waals surface area contributed by atoms with Crippen LogP contribution in [0.25, 0.3) is 0 Å². The molecule has 0 unspecified atom stereocenters. The zero-order valence-corrected chi connectivity index (χ0v) is 15.9. The summed E-state index contributed by atoms with van der Waals surface area (Å²) < 4.78 is 0. The highest BCUT2D eigenvalue weighted by atomic mass is 16.4. The maximum Gasteiger partial charge on any atom is 0.307 e. The molecule has 0 aliphatic rings. The number of phenolic OH excluding ortho intramolecular Hbond substituents is 1. The van der Waals surface area contributed by atoms with Crippen LogP contribution in [0.4, 0.5) is 17.3 Å². The number of aliphatic carboxylic acids is 1. The lowest BCUT2D eigenvalue weighted by Gasteiger charge is -2.11. The van der Waals surface area contributed by atoms with E-state index in [1.807, 2.05) is 19.9 Å². The molecule has 0 aliphatic carbocycles. The van der Waals surface area contributed by atoms with Crippen LogP contribution in [-0.2, 0) is 11.2 Å². The van der Waals surface area contributed by atoms with E-state index in [9.17, 15) is 14.7 Å². The van der Waals surface area contributed by atoms with Crippen molar-refractivity contribution >= 4 is 29.2 Å². The number of carbonyl (C=O) groups is 2. The van der Waals surface area contributed by atoms with Gasteiger partial charge in [0.15, 0.2) is 0 Å². The average Bonchev–Trinajstić information content (AvgIpc) is 2.63. The topological polar surface area (TPSA) is 124 Å². The van der Waals surface area contributed by atoms with E-state index in [1.165, 1.54) is 18.2 Å². The predicted molar refractivity (Wildman–Crippen MR) is 109 cm³/mol. The highest BCUT2D eigenvalue weighted by molar-refractivity contribution is 6.05. The van der Waals surface area contributed by atoms with Gasteiger partial charge in [0.05, 0.1) is 12.1 Å². The second kappa shape index (κ2) is 8.39. The van der Waals surface area contributed by atoms with E-state index in [2.05, 4.69) is 20.6 Å². The van der Waals surface area contributed by atoms with Gasteiger partial charge in [0.25, 0.3) is 5.91 Å². The second-order valence-corrected chi connectivity index (χ2v) is 6.56. The molecule has 8 nitrogen and oxygen atoms in total. The number of nitrogens with one attached hydrogen (secondary N) is 2. The standard InChI is InChI=1S/C21H20N4O4/c1-12-8-13(2)23-21(22-12)24-16-5-3-4-15(11-16)20(29)25-17-9-14(10-19(27)28)6-7-18(17)26/h3-9,11,26H,10H2,1-2H3,(H,25,29)(H,27,28)(H,22,23,24). The molecule has 0 atom stereocenters. The fourth-order valence-electron chi connectivity index (χ4n) is 2.81. The summed E-state index contributed by atoms with van der Waals surface area (Å²) in [5, 5.41) is 24.6. The number of hydrogen-bond donors (Lipinski definition) is 4. The molecule has 0 bridgehead atoms. The lowest BCUT2D eigenvalue weighted by molar-refractivity contribution is -0.136. The fraction of sp³-hybridized carbons (Fsp3) is 0.143. The Hall–Kier alpha value is -3.94. The van der Waals surface area contributed by atoms with Gasteiger partial charge in [-0.3, -0.25) is 9.59 Å². The van der Waals surface area contributed by atoms with Crippen LogP contribution in [0.3, 0.4) is 0 Å². The molecule has 29 heavy (non-hydrogen) atoms. The zero-order valence-electron chi connectivity index (χ0n) is 15.9. The second-order valence-electron chi connectivity index (χ2n) is 6.56. The molecule has 3 aromatic rings. The van der Waals surface area contributed by atoms with Crippen molar-refractivity contribution < 1.29 is 19.8 Å². The van der Waals surface area contributed by atoms with Crippen LogP contribution in [0.5, 0.6) is 5.75 Å². The summed E-state index contributed by atoms with van der Waals surface area (Å²) in [6.07, 6.45) is -0.210. The van der Waals surface area contributed by atoms with Crippen LogP contribution in [0.1, 0.15) is 27.3 Å². The van der Waals surface area contributed by atoms with Gasteiger partial charge in [0.1, 0.15) is 5.75 Å². The number of rotatable bonds is 6. The van der Waals surface area contributed by atoms with Crippen molar-refractivity contribution in [3.05, 3.63) is 71.0 Å². The number of aromatic hydroxyl groups is 1. The normalized spacial score (nSPS) is 10.4. The van der Waals surface area contributed by atoms with Crippen molar-refractivity contribution in [2.45, 2.75) is 20.3 Å². The largest absolute Gasteiger partial charge is 0.506 e. The molecule has 1 heterocycles. The number of phenols is 1. The summed E-state index contributed by atoms with van der Waals surface area (Å²) in [6.45, 7) is 3.74. The van der Waals surface area contributed by atoms with Crippen molar-refractivity contribution in [3.63, 3.8) is 0 Å². The highest BCUT2D eigenvalue weighted by Crippen LogP contribution is 2.25. The van der Waals surface area contributed by atoms with Gasteiger partial charge in [-0.15, -0.1) is 0 Å². The molecule has 0 aliphatic heterocycles. The van der Waals surface area contributed by atoms with Crippen molar-refractivity contribution in [2.75, 3.05) is 10.6 Å². The lowest BCUT2D eigenvalue weighted by Crippen LogP contribution is -2.13. The first-order chi connectivity index (χ1) is 13.8. The third kappa shape index (κ3) is 5.29. The maximum absolute atomic E-state index is 12.6. The quantitative estimate of drug-likeness (QED) is 0.474. The lowest BCUT2D eigenvalue weighted by atomic mass is 10.1. The minimum Gasteiger partial charge on any atom is -0.506 e. The van der Waals surface area contributed by atoms with Crippen LogP contribution in [0.15, 0.2) is 48.5 Å². The van der Waals surface area contributed by atoms with Crippen molar-refractivity contribution in [1.82, 2.24) is 9.97 Å². The molecule has 3 rings (SSSR count). The summed E-state index contributed by atoms with van der Waals surface area (Å²) in [7, 11) is 0. The van der Waals surface area contributed by atoms with E-state index in [-0.39, 0.29) is 17.9 Å². The molecule has 0 saturated heterocycles. The Balaban J connectivity index is 1.78. The molecule has 0 fully saturated rings. The summed E-state index contributed by atoms with van der Waals surface area (Å²) >= 11 is 0. The molecule has 1 aromatic heterocycles. The highest BCUT2D eigenvalue weighted by Gasteiger charge is 2.12. The molecular formula is C21H20N4O4. The van der Waals surface area contributed by atoms with Gasteiger partial charge >= 0.3 is 5.97 Å². The monoisotopic (exact) mass is 392 g/mol. The number of anilines is 3. The first-order valence-electron chi connectivity index (χ1n) is 8.84. The number of hydrogen-bond acceptors (Lipinski definition) is 6. The number of nitrogens with zero attached hydrogens (tertiary/aromatic N) is 2. The summed E-state index contributed by atoms with van der Waals surface area (Å²) in [4.78, 5) is 32.1. The Labute approximate surface area is 167 Å². The molecule has 4 N–H and O–H groups in total. The summed E-state index contributed by atoms with van der Waals surface area (Å²) in [5.74, 6) is -1.16. The van der Waals surface area contributed by atoms with E-state index in [4.69, 9.17) is 5.11 Å². The van der Waals surface area contributed by atoms with Crippen molar-refractivity contribution in [3.8, 4) is 5.75 Å². The maximum atomic E-state index is 12.6. The van der Waals surface area contributed by atoms with Crippen molar-refractivity contribution in [2.24, 2.45) is 0 Å². The van der Waals surface area contributed by atoms with Crippen LogP contribution >= 0.6 is 0 Å². The number of amides is 1. The number of carboxylic acid groups (broad SMARTS) is 1. The van der Waals surface area contributed by atoms with Crippen LogP contribution in [0.2, 0.25) is 0 Å². The Morgan fingerprint density at radius 2 is 1.72 bits per heavy atom. The third-order valence-corrected chi connectivity index (χ3v) is 4.03. The number of aromatic nitrogens is 2. The Morgan fingerprint density at radius 3 is 2.41 bits per heavy atom. The summed E-state index contributed by atoms with van der Waals surface area (Å²) in [5.41, 5.74) is 3.24. The van der Waals surface area contributed by atoms with Gasteiger partial charge in [-0.05, 0) is 55.8 Å². The van der Waals surface area contributed by atoms with Gasteiger partial charge in [-0.1, -0.05) is 12.1 Å². The summed E-state index contributed by atoms with van der Waals surface area (Å²) in [6, 6.07) is 12.9. The van der Waals surface area contributed by atoms with Crippen molar-refractivity contribution in [1.29, 1.82) is 0 Å². The SMILES string of the molecule is Cc1cc(C)nc(Nc2cccc(C(=O)Nc3cc(CC(=O)O)ccc3O)c2)n1. The number of benzene rings is 2. The number of carbonyl (C=O) groups excluding carboxylic acids is 1. The molecule has 0 saturated carbocycles. The molecule has 8 heteroatoms. The Kier molecular flexibility index (Phi) is 5.73. The first-order valence-corrected chi connectivity index (χ1v) is 8.84. The number of aryl methyl sites for hydroxylation is 2. The van der Waals surface area contributed by atoms with E-state index >= 15 is 0 Å². The van der Waals surface area contributed by atoms with Gasteiger partial charge in [0, 0.05) is 22.6 Å². The van der Waals surface area contributed by atoms with E-state index in [0.717, 1.165) is 11.4 Å². The van der Waals surface area contributed by atoms with E-state index < -0.39 is 11.9 Å². The van der Waals surface area contributed by atoms with Crippen LogP contribution in [0, 0.1) is 13.8 Å². The average molecular weight is 392 g/mol. The van der Waals surface area contributed by atoms with Gasteiger partial charge in [0.2, 0.25) is 5.95 Å². The van der Waals surface area contributed by atoms with Gasteiger partial charge in [-0.25, -0.2) is 9.97 Å². The minimum absolute atomic E-state index is 0.143. The molecule has 0 radical (unpaired) electrons. The van der Waals surface area contributed by atoms with Crippen LogP contribution in [-0.4, -0.2) is 32.1 Å². The molecule has 148 valence electrons. The molecule has 0 spiro atoms. The molecule has 2 aromatic carbocycles. The fourth-order valence-corrected chi connectivity index (χ4v) is 2.81. The van der Waals surface area contributed by atoms with E-state index in [1.54, 1.807) is 24.3 Å². The number of carboxylic acids is 1. The molecular weight excluding hydrogens is 372 g/mol. The van der Waals surface area contributed by atoms with Crippen LogP contribution < -0.4 is 10.6 Å². The van der Waals surface area contributed by atoms with Gasteiger partial charge < -0.3 is 20.8 Å². The Bertz CT molecular complexity index is 1060. The molecule has 1 amide bonds. The van der Waals surface area contributed by atoms with E-state index in [0.29, 0.717) is 22.8 Å². The predicted octanol–water partition coefficient (Wildman–Crippen LogP) is 3.42. The Morgan fingerprint density at radius 1 is 1.00 bits per heavy atom. The first kappa shape index (κ1) is 19.8. The zero-order chi connectivity index (χ0) is 21.0.